The van der Waals surface area contributed by atoms with Crippen molar-refractivity contribution in [3.05, 3.63) is 35.6 Å². The van der Waals surface area contributed by atoms with Gasteiger partial charge in [0.1, 0.15) is 5.76 Å². The van der Waals surface area contributed by atoms with Gasteiger partial charge in [-0.05, 0) is 31.5 Å². The smallest absolute Gasteiger partial charge is 0.254 e. The minimum absolute atomic E-state index is 0.122. The van der Waals surface area contributed by atoms with Crippen LogP contribution in [0.4, 0.5) is 5.82 Å². The zero-order valence-electron chi connectivity index (χ0n) is 17.5. The van der Waals surface area contributed by atoms with Gasteiger partial charge >= 0.3 is 0 Å². The molecule has 0 aliphatic heterocycles. The number of amides is 2. The fourth-order valence-electron chi connectivity index (χ4n) is 2.75. The van der Waals surface area contributed by atoms with Gasteiger partial charge in [0.25, 0.3) is 5.91 Å². The topological polar surface area (TPSA) is 93.9 Å². The molecular weight excluding hydrogens is 374 g/mol. The van der Waals surface area contributed by atoms with E-state index in [4.69, 9.17) is 14.0 Å². The lowest BCUT2D eigenvalue weighted by molar-refractivity contribution is -0.116. The molecule has 8 nitrogen and oxygen atoms in total. The lowest BCUT2D eigenvalue weighted by atomic mass is 10.1. The Kier molecular flexibility index (Phi) is 8.51. The van der Waals surface area contributed by atoms with Gasteiger partial charge in [-0.25, -0.2) is 0 Å². The van der Waals surface area contributed by atoms with Crippen LogP contribution in [0.2, 0.25) is 0 Å². The van der Waals surface area contributed by atoms with E-state index >= 15 is 0 Å². The normalized spacial score (nSPS) is 10.5. The first-order valence-electron chi connectivity index (χ1n) is 9.74. The van der Waals surface area contributed by atoms with Crippen LogP contribution >= 0.6 is 0 Å². The third-order valence-electron chi connectivity index (χ3n) is 4.29. The maximum atomic E-state index is 12.7. The Morgan fingerprint density at radius 2 is 1.97 bits per heavy atom. The Bertz CT molecular complexity index is 818. The van der Waals surface area contributed by atoms with E-state index in [0.29, 0.717) is 35.2 Å². The van der Waals surface area contributed by atoms with Crippen molar-refractivity contribution in [1.29, 1.82) is 0 Å². The highest BCUT2D eigenvalue weighted by molar-refractivity contribution is 5.99. The summed E-state index contributed by atoms with van der Waals surface area (Å²) in [4.78, 5) is 26.1. The molecule has 29 heavy (non-hydrogen) atoms. The summed E-state index contributed by atoms with van der Waals surface area (Å²) in [6.07, 6.45) is 4.45. The highest BCUT2D eigenvalue weighted by atomic mass is 16.5. The summed E-state index contributed by atoms with van der Waals surface area (Å²) in [6, 6.07) is 6.62. The Balaban J connectivity index is 1.93. The maximum Gasteiger partial charge on any atom is 0.254 e. The van der Waals surface area contributed by atoms with Crippen molar-refractivity contribution >= 4 is 17.6 Å². The average Bonchev–Trinajstić information content (AvgIpc) is 3.11. The predicted octanol–water partition coefficient (Wildman–Crippen LogP) is 3.66. The molecule has 0 saturated heterocycles. The number of aromatic nitrogens is 1. The van der Waals surface area contributed by atoms with Gasteiger partial charge < -0.3 is 24.2 Å². The average molecular weight is 403 g/mol. The van der Waals surface area contributed by atoms with E-state index in [-0.39, 0.29) is 18.4 Å². The number of methoxy groups -OCH3 is 1. The molecule has 1 aromatic carbocycles. The number of anilines is 1. The summed E-state index contributed by atoms with van der Waals surface area (Å²) < 4.78 is 16.0. The van der Waals surface area contributed by atoms with E-state index in [9.17, 15) is 9.59 Å². The van der Waals surface area contributed by atoms with Crippen LogP contribution in [0, 0.1) is 6.92 Å². The first-order valence-corrected chi connectivity index (χ1v) is 9.74. The van der Waals surface area contributed by atoms with Crippen molar-refractivity contribution in [3.8, 4) is 11.5 Å². The van der Waals surface area contributed by atoms with Crippen molar-refractivity contribution in [2.75, 3.05) is 32.6 Å². The number of rotatable bonds is 11. The van der Waals surface area contributed by atoms with Crippen molar-refractivity contribution in [3.63, 3.8) is 0 Å². The molecular formula is C21H29N3O5. The molecule has 0 aliphatic carbocycles. The molecule has 0 bridgehead atoms. The number of aryl methyl sites for hydroxylation is 1. The first kappa shape index (κ1) is 22.3. The third kappa shape index (κ3) is 6.81. The number of ether oxygens (including phenoxy) is 2. The fraction of sp³-hybridized carbons (Fsp3) is 0.476. The predicted molar refractivity (Wildman–Crippen MR) is 109 cm³/mol. The number of carbonyl (C=O) groups excluding carboxylic acids is 2. The van der Waals surface area contributed by atoms with E-state index < -0.39 is 0 Å². The van der Waals surface area contributed by atoms with Gasteiger partial charge in [0.05, 0.1) is 20.3 Å². The SMILES string of the molecule is CCCCCCOc1ccc(C(=O)N(C)CC(=O)Nc2cc(C)on2)cc1OC. The molecule has 1 aromatic heterocycles. The second-order valence-corrected chi connectivity index (χ2v) is 6.81. The molecule has 0 radical (unpaired) electrons. The molecule has 0 saturated carbocycles. The highest BCUT2D eigenvalue weighted by Gasteiger charge is 2.18. The fourth-order valence-corrected chi connectivity index (χ4v) is 2.75. The van der Waals surface area contributed by atoms with Gasteiger partial charge in [-0.2, -0.15) is 0 Å². The molecule has 0 aliphatic rings. The lowest BCUT2D eigenvalue weighted by Gasteiger charge is -2.17. The molecule has 2 amide bonds. The molecule has 0 fully saturated rings. The van der Waals surface area contributed by atoms with Crippen molar-refractivity contribution in [2.45, 2.75) is 39.5 Å². The molecule has 0 spiro atoms. The van der Waals surface area contributed by atoms with Crippen LogP contribution in [0.3, 0.4) is 0 Å². The Hall–Kier alpha value is -3.03. The van der Waals surface area contributed by atoms with Crippen LogP contribution in [0.15, 0.2) is 28.8 Å². The standard InChI is InChI=1S/C21H29N3O5/c1-5-6-7-8-11-28-17-10-9-16(13-18(17)27-4)21(26)24(3)14-20(25)22-19-12-15(2)29-23-19/h9-10,12-13H,5-8,11,14H2,1-4H3,(H,22,23,25). The summed E-state index contributed by atoms with van der Waals surface area (Å²) in [5.41, 5.74) is 0.410. The molecule has 158 valence electrons. The van der Waals surface area contributed by atoms with Crippen LogP contribution in [0.25, 0.3) is 0 Å². The second-order valence-electron chi connectivity index (χ2n) is 6.81. The van der Waals surface area contributed by atoms with Gasteiger partial charge in [0, 0.05) is 18.7 Å². The number of benzene rings is 1. The van der Waals surface area contributed by atoms with E-state index in [1.54, 1.807) is 38.2 Å². The molecule has 0 atom stereocenters. The summed E-state index contributed by atoms with van der Waals surface area (Å²) >= 11 is 0. The van der Waals surface area contributed by atoms with Gasteiger partial charge in [0.15, 0.2) is 17.3 Å². The molecule has 1 N–H and O–H groups in total. The Morgan fingerprint density at radius 3 is 2.62 bits per heavy atom. The number of hydrogen-bond acceptors (Lipinski definition) is 6. The number of carbonyl (C=O) groups is 2. The van der Waals surface area contributed by atoms with E-state index in [1.165, 1.54) is 24.9 Å². The van der Waals surface area contributed by atoms with Crippen molar-refractivity contribution in [1.82, 2.24) is 10.1 Å². The lowest BCUT2D eigenvalue weighted by Crippen LogP contribution is -2.35. The number of nitrogens with zero attached hydrogens (tertiary/aromatic N) is 2. The van der Waals surface area contributed by atoms with Gasteiger partial charge in [0.2, 0.25) is 5.91 Å². The first-order chi connectivity index (χ1) is 13.9. The number of unbranched alkanes of at least 4 members (excludes halogenated alkanes) is 3. The Morgan fingerprint density at radius 1 is 1.17 bits per heavy atom. The summed E-state index contributed by atoms with van der Waals surface area (Å²) in [6.45, 7) is 4.37. The summed E-state index contributed by atoms with van der Waals surface area (Å²) in [5.74, 6) is 1.32. The molecule has 8 heteroatoms. The van der Waals surface area contributed by atoms with Crippen LogP contribution in [0.1, 0.15) is 48.7 Å². The second kappa shape index (κ2) is 11.1. The van der Waals surface area contributed by atoms with Gasteiger partial charge in [-0.15, -0.1) is 0 Å². The van der Waals surface area contributed by atoms with E-state index in [2.05, 4.69) is 17.4 Å². The zero-order chi connectivity index (χ0) is 21.2. The van der Waals surface area contributed by atoms with Crippen molar-refractivity contribution in [2.24, 2.45) is 0 Å². The molecule has 1 heterocycles. The number of nitrogens with one attached hydrogen (secondary N) is 1. The number of hydrogen-bond donors (Lipinski definition) is 1. The van der Waals surface area contributed by atoms with Crippen LogP contribution in [0.5, 0.6) is 11.5 Å². The van der Waals surface area contributed by atoms with Crippen molar-refractivity contribution < 1.29 is 23.6 Å². The van der Waals surface area contributed by atoms with Crippen LogP contribution < -0.4 is 14.8 Å². The highest BCUT2D eigenvalue weighted by Crippen LogP contribution is 2.28. The largest absolute Gasteiger partial charge is 0.493 e. The van der Waals surface area contributed by atoms with Crippen LogP contribution in [-0.4, -0.2) is 49.2 Å². The monoisotopic (exact) mass is 403 g/mol. The number of likely N-dealkylation sites (N-methyl/N-ethyl adjacent to an activating group) is 1. The summed E-state index contributed by atoms with van der Waals surface area (Å²) in [7, 11) is 3.09. The zero-order valence-corrected chi connectivity index (χ0v) is 17.5. The van der Waals surface area contributed by atoms with E-state index in [0.717, 1.165) is 12.8 Å². The minimum atomic E-state index is -0.367. The Labute approximate surface area is 171 Å². The quantitative estimate of drug-likeness (QED) is 0.576. The van der Waals surface area contributed by atoms with Gasteiger partial charge in [-0.3, -0.25) is 9.59 Å². The third-order valence-corrected chi connectivity index (χ3v) is 4.29. The van der Waals surface area contributed by atoms with Gasteiger partial charge in [-0.1, -0.05) is 31.3 Å². The van der Waals surface area contributed by atoms with Crippen LogP contribution in [-0.2, 0) is 4.79 Å². The van der Waals surface area contributed by atoms with E-state index in [1.807, 2.05) is 0 Å². The molecule has 0 unspecified atom stereocenters. The summed E-state index contributed by atoms with van der Waals surface area (Å²) in [5, 5.41) is 6.29. The maximum absolute atomic E-state index is 12.7. The minimum Gasteiger partial charge on any atom is -0.493 e. The molecule has 2 aromatic rings. The molecule has 2 rings (SSSR count).